The summed E-state index contributed by atoms with van der Waals surface area (Å²) in [5, 5.41) is 11.8. The first-order valence-electron chi connectivity index (χ1n) is 6.28. The number of amides is 1. The number of nitriles is 1. The van der Waals surface area contributed by atoms with E-state index >= 15 is 0 Å². The lowest BCUT2D eigenvalue weighted by atomic mass is 10.2. The number of hydrogen-bond donors (Lipinski definition) is 1. The van der Waals surface area contributed by atoms with Crippen LogP contribution in [-0.4, -0.2) is 12.5 Å². The zero-order valence-electron chi connectivity index (χ0n) is 11.4. The van der Waals surface area contributed by atoms with Crippen molar-refractivity contribution in [3.63, 3.8) is 0 Å². The predicted octanol–water partition coefficient (Wildman–Crippen LogP) is 3.54. The summed E-state index contributed by atoms with van der Waals surface area (Å²) in [6, 6.07) is 14.1. The standard InChI is InChI=1S/C16H13ClN2O2/c1-11-4-2-3-5-14(11)19-16(20)10-21-15-7-6-12(9-18)8-13(15)17/h2-8H,10H2,1H3,(H,19,20). The second-order valence-electron chi connectivity index (χ2n) is 4.41. The van der Waals surface area contributed by atoms with Gasteiger partial charge >= 0.3 is 0 Å². The molecule has 0 saturated heterocycles. The summed E-state index contributed by atoms with van der Waals surface area (Å²) in [6.07, 6.45) is 0. The van der Waals surface area contributed by atoms with Crippen LogP contribution in [-0.2, 0) is 4.79 Å². The van der Waals surface area contributed by atoms with Crippen LogP contribution < -0.4 is 10.1 Å². The largest absolute Gasteiger partial charge is 0.482 e. The van der Waals surface area contributed by atoms with E-state index < -0.39 is 0 Å². The van der Waals surface area contributed by atoms with Crippen LogP contribution >= 0.6 is 11.6 Å². The molecule has 0 aliphatic carbocycles. The average Bonchev–Trinajstić information content (AvgIpc) is 2.48. The first kappa shape index (κ1) is 14.9. The number of ether oxygens (including phenoxy) is 1. The highest BCUT2D eigenvalue weighted by Gasteiger charge is 2.08. The number of hydrogen-bond acceptors (Lipinski definition) is 3. The molecule has 0 fully saturated rings. The second-order valence-corrected chi connectivity index (χ2v) is 4.82. The van der Waals surface area contributed by atoms with Crippen molar-refractivity contribution in [2.45, 2.75) is 6.92 Å². The third-order valence-electron chi connectivity index (χ3n) is 2.84. The van der Waals surface area contributed by atoms with E-state index in [4.69, 9.17) is 21.6 Å². The second kappa shape index (κ2) is 6.78. The van der Waals surface area contributed by atoms with Gasteiger partial charge in [-0.3, -0.25) is 4.79 Å². The van der Waals surface area contributed by atoms with E-state index in [-0.39, 0.29) is 12.5 Å². The van der Waals surface area contributed by atoms with Gasteiger partial charge in [0.15, 0.2) is 6.61 Å². The number of nitrogens with zero attached hydrogens (tertiary/aromatic N) is 1. The van der Waals surface area contributed by atoms with Crippen LogP contribution in [0.3, 0.4) is 0 Å². The number of anilines is 1. The van der Waals surface area contributed by atoms with Crippen molar-refractivity contribution < 1.29 is 9.53 Å². The summed E-state index contributed by atoms with van der Waals surface area (Å²) >= 11 is 5.97. The highest BCUT2D eigenvalue weighted by atomic mass is 35.5. The Labute approximate surface area is 127 Å². The van der Waals surface area contributed by atoms with Crippen molar-refractivity contribution in [1.29, 1.82) is 5.26 Å². The number of para-hydroxylation sites is 1. The molecule has 5 heteroatoms. The van der Waals surface area contributed by atoms with Crippen LogP contribution in [0.4, 0.5) is 5.69 Å². The third kappa shape index (κ3) is 3.98. The topological polar surface area (TPSA) is 62.1 Å². The summed E-state index contributed by atoms with van der Waals surface area (Å²) in [6.45, 7) is 1.76. The Hall–Kier alpha value is -2.51. The predicted molar refractivity (Wildman–Crippen MR) is 81.5 cm³/mol. The van der Waals surface area contributed by atoms with Crippen molar-refractivity contribution in [1.82, 2.24) is 0 Å². The molecule has 2 aromatic rings. The lowest BCUT2D eigenvalue weighted by molar-refractivity contribution is -0.118. The Bertz CT molecular complexity index is 708. The molecule has 0 atom stereocenters. The minimum Gasteiger partial charge on any atom is -0.482 e. The van der Waals surface area contributed by atoms with Crippen molar-refractivity contribution in [2.75, 3.05) is 11.9 Å². The van der Waals surface area contributed by atoms with Gasteiger partial charge in [-0.25, -0.2) is 0 Å². The summed E-state index contributed by atoms with van der Waals surface area (Å²) < 4.78 is 5.36. The zero-order chi connectivity index (χ0) is 15.2. The molecule has 0 aliphatic heterocycles. The Morgan fingerprint density at radius 2 is 2.10 bits per heavy atom. The van der Waals surface area contributed by atoms with Gasteiger partial charge in [0.25, 0.3) is 5.91 Å². The van der Waals surface area contributed by atoms with Gasteiger partial charge in [0.1, 0.15) is 5.75 Å². The maximum absolute atomic E-state index is 11.8. The fourth-order valence-corrected chi connectivity index (χ4v) is 1.97. The van der Waals surface area contributed by atoms with Gasteiger partial charge < -0.3 is 10.1 Å². The number of rotatable bonds is 4. The summed E-state index contributed by atoms with van der Waals surface area (Å²) in [7, 11) is 0. The van der Waals surface area contributed by atoms with Crippen LogP contribution in [0.2, 0.25) is 5.02 Å². The molecule has 0 heterocycles. The molecule has 2 aromatic carbocycles. The zero-order valence-corrected chi connectivity index (χ0v) is 12.1. The monoisotopic (exact) mass is 300 g/mol. The lowest BCUT2D eigenvalue weighted by Crippen LogP contribution is -2.20. The van der Waals surface area contributed by atoms with Gasteiger partial charge in [0.2, 0.25) is 0 Å². The molecular weight excluding hydrogens is 288 g/mol. The first-order chi connectivity index (χ1) is 10.1. The Balaban J connectivity index is 1.96. The van der Waals surface area contributed by atoms with Gasteiger partial charge in [-0.2, -0.15) is 5.26 Å². The molecule has 0 aromatic heterocycles. The third-order valence-corrected chi connectivity index (χ3v) is 3.13. The average molecular weight is 301 g/mol. The number of carbonyl (C=O) groups excluding carboxylic acids is 1. The van der Waals surface area contributed by atoms with Gasteiger partial charge in [0, 0.05) is 5.69 Å². The van der Waals surface area contributed by atoms with Gasteiger partial charge in [-0.05, 0) is 36.8 Å². The number of benzene rings is 2. The Morgan fingerprint density at radius 1 is 1.33 bits per heavy atom. The smallest absolute Gasteiger partial charge is 0.262 e. The SMILES string of the molecule is Cc1ccccc1NC(=O)COc1ccc(C#N)cc1Cl. The highest BCUT2D eigenvalue weighted by molar-refractivity contribution is 6.32. The molecule has 2 rings (SSSR count). The normalized spacial score (nSPS) is 9.76. The van der Waals surface area contributed by atoms with Crippen molar-refractivity contribution in [3.8, 4) is 11.8 Å². The molecular formula is C16H13ClN2O2. The summed E-state index contributed by atoms with van der Waals surface area (Å²) in [5.41, 5.74) is 2.16. The fraction of sp³-hybridized carbons (Fsp3) is 0.125. The molecule has 0 aliphatic rings. The maximum Gasteiger partial charge on any atom is 0.262 e. The van der Waals surface area contributed by atoms with E-state index in [1.807, 2.05) is 37.3 Å². The first-order valence-corrected chi connectivity index (χ1v) is 6.66. The quantitative estimate of drug-likeness (QED) is 0.939. The molecule has 0 unspecified atom stereocenters. The molecule has 21 heavy (non-hydrogen) atoms. The number of carbonyl (C=O) groups is 1. The van der Waals surface area contributed by atoms with E-state index in [1.54, 1.807) is 12.1 Å². The maximum atomic E-state index is 11.8. The molecule has 0 bridgehead atoms. The van der Waals surface area contributed by atoms with Crippen LogP contribution in [0.1, 0.15) is 11.1 Å². The van der Waals surface area contributed by atoms with Crippen LogP contribution in [0.25, 0.3) is 0 Å². The Kier molecular flexibility index (Phi) is 4.81. The van der Waals surface area contributed by atoms with Crippen molar-refractivity contribution >= 4 is 23.2 Å². The van der Waals surface area contributed by atoms with Gasteiger partial charge in [0.05, 0.1) is 16.7 Å². The number of halogens is 1. The van der Waals surface area contributed by atoms with E-state index in [2.05, 4.69) is 5.32 Å². The molecule has 106 valence electrons. The van der Waals surface area contributed by atoms with E-state index in [1.165, 1.54) is 6.07 Å². The molecule has 0 radical (unpaired) electrons. The van der Waals surface area contributed by atoms with Crippen LogP contribution in [0.15, 0.2) is 42.5 Å². The fourth-order valence-electron chi connectivity index (χ4n) is 1.73. The van der Waals surface area contributed by atoms with E-state index in [0.717, 1.165) is 11.3 Å². The molecule has 1 amide bonds. The van der Waals surface area contributed by atoms with E-state index in [0.29, 0.717) is 16.3 Å². The lowest BCUT2D eigenvalue weighted by Gasteiger charge is -2.10. The summed E-state index contributed by atoms with van der Waals surface area (Å²) in [5.74, 6) is 0.0975. The van der Waals surface area contributed by atoms with Gasteiger partial charge in [-0.15, -0.1) is 0 Å². The number of nitrogens with one attached hydrogen (secondary N) is 1. The van der Waals surface area contributed by atoms with E-state index in [9.17, 15) is 4.79 Å². The minimum atomic E-state index is -0.273. The highest BCUT2D eigenvalue weighted by Crippen LogP contribution is 2.25. The molecule has 0 saturated carbocycles. The van der Waals surface area contributed by atoms with Gasteiger partial charge in [-0.1, -0.05) is 29.8 Å². The number of aryl methyl sites for hydroxylation is 1. The molecule has 0 spiro atoms. The summed E-state index contributed by atoms with van der Waals surface area (Å²) in [4.78, 5) is 11.8. The van der Waals surface area contributed by atoms with Crippen molar-refractivity contribution in [3.05, 3.63) is 58.6 Å². The molecule has 1 N–H and O–H groups in total. The van der Waals surface area contributed by atoms with Crippen LogP contribution in [0, 0.1) is 18.3 Å². The van der Waals surface area contributed by atoms with Crippen LogP contribution in [0.5, 0.6) is 5.75 Å². The Morgan fingerprint density at radius 3 is 2.76 bits per heavy atom. The molecule has 4 nitrogen and oxygen atoms in total. The van der Waals surface area contributed by atoms with Crippen molar-refractivity contribution in [2.24, 2.45) is 0 Å². The minimum absolute atomic E-state index is 0.153.